The Hall–Kier alpha value is -1.57. The topological polar surface area (TPSA) is 75.3 Å². The molecule has 1 amide bonds. The Morgan fingerprint density at radius 2 is 2.00 bits per heavy atom. The van der Waals surface area contributed by atoms with E-state index in [1.54, 1.807) is 25.1 Å². The van der Waals surface area contributed by atoms with Crippen molar-refractivity contribution < 1.29 is 13.2 Å². The van der Waals surface area contributed by atoms with Crippen LogP contribution in [0.1, 0.15) is 18.2 Å². The molecule has 1 heterocycles. The van der Waals surface area contributed by atoms with Crippen molar-refractivity contribution in [2.75, 3.05) is 10.0 Å². The summed E-state index contributed by atoms with van der Waals surface area (Å²) in [7, 11) is -3.69. The molecule has 0 saturated heterocycles. The van der Waals surface area contributed by atoms with Crippen LogP contribution in [0, 0.1) is 6.92 Å². The number of nitrogens with one attached hydrogen (secondary N) is 2. The van der Waals surface area contributed by atoms with Crippen LogP contribution in [0.25, 0.3) is 0 Å². The SMILES string of the molecule is CCC(=O)Nc1ccc(Cl)c(NS(=O)(=O)c2ccc(C)s2)c1. The van der Waals surface area contributed by atoms with Gasteiger partial charge in [-0.2, -0.15) is 0 Å². The molecule has 1 aromatic carbocycles. The van der Waals surface area contributed by atoms with E-state index in [9.17, 15) is 13.2 Å². The molecule has 1 aromatic heterocycles. The molecule has 5 nitrogen and oxygen atoms in total. The number of sulfonamides is 1. The molecule has 0 bridgehead atoms. The first-order valence-corrected chi connectivity index (χ1v) is 9.18. The average Bonchev–Trinajstić information content (AvgIpc) is 2.89. The number of halogens is 1. The maximum atomic E-state index is 12.3. The van der Waals surface area contributed by atoms with Gasteiger partial charge in [0.05, 0.1) is 10.7 Å². The Morgan fingerprint density at radius 1 is 1.27 bits per heavy atom. The summed E-state index contributed by atoms with van der Waals surface area (Å²) in [5.74, 6) is -0.162. The fourth-order valence-corrected chi connectivity index (χ4v) is 4.26. The Bertz CT molecular complexity index is 800. The van der Waals surface area contributed by atoms with E-state index in [-0.39, 0.29) is 20.8 Å². The number of rotatable bonds is 5. The summed E-state index contributed by atoms with van der Waals surface area (Å²) < 4.78 is 27.3. The fraction of sp³-hybridized carbons (Fsp3) is 0.214. The molecule has 0 aliphatic rings. The average molecular weight is 359 g/mol. The van der Waals surface area contributed by atoms with Gasteiger partial charge in [0, 0.05) is 17.0 Å². The summed E-state index contributed by atoms with van der Waals surface area (Å²) in [6, 6.07) is 7.92. The summed E-state index contributed by atoms with van der Waals surface area (Å²) in [5.41, 5.74) is 0.706. The number of anilines is 2. The molecule has 0 aliphatic heterocycles. The van der Waals surface area contributed by atoms with E-state index < -0.39 is 10.0 Å². The minimum absolute atomic E-state index is 0.162. The molecule has 22 heavy (non-hydrogen) atoms. The normalized spacial score (nSPS) is 11.2. The van der Waals surface area contributed by atoms with E-state index in [4.69, 9.17) is 11.6 Å². The first-order valence-electron chi connectivity index (χ1n) is 6.50. The van der Waals surface area contributed by atoms with Gasteiger partial charge in [-0.1, -0.05) is 18.5 Å². The molecule has 0 atom stereocenters. The second kappa shape index (κ2) is 6.68. The predicted octanol–water partition coefficient (Wildman–Crippen LogP) is 3.86. The molecule has 0 saturated carbocycles. The summed E-state index contributed by atoms with van der Waals surface area (Å²) in [4.78, 5) is 12.3. The highest BCUT2D eigenvalue weighted by Crippen LogP contribution is 2.29. The first kappa shape index (κ1) is 16.8. The van der Waals surface area contributed by atoms with Crippen molar-refractivity contribution >= 4 is 50.2 Å². The molecule has 0 unspecified atom stereocenters. The van der Waals surface area contributed by atoms with Crippen LogP contribution in [0.4, 0.5) is 11.4 Å². The van der Waals surface area contributed by atoms with E-state index in [0.717, 1.165) is 4.88 Å². The third kappa shape index (κ3) is 4.00. The van der Waals surface area contributed by atoms with E-state index in [2.05, 4.69) is 10.0 Å². The van der Waals surface area contributed by atoms with E-state index in [0.29, 0.717) is 12.1 Å². The van der Waals surface area contributed by atoms with Gasteiger partial charge in [0.25, 0.3) is 10.0 Å². The molecule has 0 aliphatic carbocycles. The van der Waals surface area contributed by atoms with Gasteiger partial charge < -0.3 is 5.32 Å². The van der Waals surface area contributed by atoms with Gasteiger partial charge in [0.15, 0.2) is 0 Å². The Kier molecular flexibility index (Phi) is 5.10. The number of thiophene rings is 1. The predicted molar refractivity (Wildman–Crippen MR) is 90.2 cm³/mol. The molecule has 2 rings (SSSR count). The Labute approximate surface area is 138 Å². The molecule has 0 fully saturated rings. The van der Waals surface area contributed by atoms with Crippen molar-refractivity contribution in [2.45, 2.75) is 24.5 Å². The minimum atomic E-state index is -3.69. The molecule has 2 N–H and O–H groups in total. The first-order chi connectivity index (χ1) is 10.3. The third-order valence-corrected chi connectivity index (χ3v) is 5.98. The van der Waals surface area contributed by atoms with E-state index in [1.165, 1.54) is 23.5 Å². The lowest BCUT2D eigenvalue weighted by Gasteiger charge is -2.11. The number of benzene rings is 1. The van der Waals surface area contributed by atoms with Crippen molar-refractivity contribution in [1.82, 2.24) is 0 Å². The molecule has 0 radical (unpaired) electrons. The van der Waals surface area contributed by atoms with Crippen molar-refractivity contribution in [2.24, 2.45) is 0 Å². The van der Waals surface area contributed by atoms with Crippen LogP contribution in [0.5, 0.6) is 0 Å². The van der Waals surface area contributed by atoms with Crippen LogP contribution >= 0.6 is 22.9 Å². The highest BCUT2D eigenvalue weighted by Gasteiger charge is 2.18. The standard InChI is InChI=1S/C14H15ClN2O3S2/c1-3-13(18)16-10-5-6-11(15)12(8-10)17-22(19,20)14-7-4-9(2)21-14/h4-8,17H,3H2,1-2H3,(H,16,18). The highest BCUT2D eigenvalue weighted by molar-refractivity contribution is 7.94. The van der Waals surface area contributed by atoms with Crippen LogP contribution in [0.3, 0.4) is 0 Å². The summed E-state index contributed by atoms with van der Waals surface area (Å²) >= 11 is 7.20. The fourth-order valence-electron chi connectivity index (χ4n) is 1.68. The second-order valence-corrected chi connectivity index (χ2v) is 8.17. The molecular formula is C14H15ClN2O3S2. The Balaban J connectivity index is 2.28. The van der Waals surface area contributed by atoms with Crippen LogP contribution in [-0.2, 0) is 14.8 Å². The van der Waals surface area contributed by atoms with Crippen LogP contribution < -0.4 is 10.0 Å². The lowest BCUT2D eigenvalue weighted by Crippen LogP contribution is -2.13. The lowest BCUT2D eigenvalue weighted by molar-refractivity contribution is -0.115. The lowest BCUT2D eigenvalue weighted by atomic mass is 10.2. The molecule has 2 aromatic rings. The summed E-state index contributed by atoms with van der Waals surface area (Å²) in [5, 5.41) is 2.91. The Morgan fingerprint density at radius 3 is 2.59 bits per heavy atom. The molecule has 0 spiro atoms. The zero-order valence-corrected chi connectivity index (χ0v) is 14.4. The van der Waals surface area contributed by atoms with Gasteiger partial charge in [0.1, 0.15) is 4.21 Å². The van der Waals surface area contributed by atoms with Crippen LogP contribution in [0.2, 0.25) is 5.02 Å². The number of carbonyl (C=O) groups excluding carboxylic acids is 1. The van der Waals surface area contributed by atoms with E-state index in [1.807, 2.05) is 6.92 Å². The second-order valence-electron chi connectivity index (χ2n) is 4.57. The van der Waals surface area contributed by atoms with Gasteiger partial charge in [-0.05, 0) is 37.3 Å². The zero-order chi connectivity index (χ0) is 16.3. The van der Waals surface area contributed by atoms with Gasteiger partial charge in [-0.25, -0.2) is 8.42 Å². The van der Waals surface area contributed by atoms with Crippen LogP contribution in [-0.4, -0.2) is 14.3 Å². The van der Waals surface area contributed by atoms with Gasteiger partial charge in [0.2, 0.25) is 5.91 Å². The monoisotopic (exact) mass is 358 g/mol. The summed E-state index contributed by atoms with van der Waals surface area (Å²) in [6.07, 6.45) is 0.332. The van der Waals surface area contributed by atoms with Gasteiger partial charge >= 0.3 is 0 Å². The van der Waals surface area contributed by atoms with Crippen molar-refractivity contribution in [3.05, 3.63) is 40.2 Å². The van der Waals surface area contributed by atoms with Gasteiger partial charge in [-0.15, -0.1) is 11.3 Å². The number of aryl methyl sites for hydroxylation is 1. The quantitative estimate of drug-likeness (QED) is 0.852. The third-order valence-electron chi connectivity index (χ3n) is 2.80. The van der Waals surface area contributed by atoms with Gasteiger partial charge in [-0.3, -0.25) is 9.52 Å². The number of amides is 1. The largest absolute Gasteiger partial charge is 0.326 e. The van der Waals surface area contributed by atoms with Crippen molar-refractivity contribution in [3.8, 4) is 0 Å². The maximum Gasteiger partial charge on any atom is 0.271 e. The summed E-state index contributed by atoms with van der Waals surface area (Å²) in [6.45, 7) is 3.56. The number of hydrogen-bond acceptors (Lipinski definition) is 4. The van der Waals surface area contributed by atoms with Crippen molar-refractivity contribution in [1.29, 1.82) is 0 Å². The number of hydrogen-bond donors (Lipinski definition) is 2. The van der Waals surface area contributed by atoms with Crippen molar-refractivity contribution in [3.63, 3.8) is 0 Å². The van der Waals surface area contributed by atoms with Crippen LogP contribution in [0.15, 0.2) is 34.5 Å². The maximum absolute atomic E-state index is 12.3. The van der Waals surface area contributed by atoms with E-state index >= 15 is 0 Å². The molecule has 8 heteroatoms. The smallest absolute Gasteiger partial charge is 0.271 e. The number of carbonyl (C=O) groups is 1. The minimum Gasteiger partial charge on any atom is -0.326 e. The molecular weight excluding hydrogens is 344 g/mol. The molecule has 118 valence electrons. The zero-order valence-electron chi connectivity index (χ0n) is 12.0. The highest BCUT2D eigenvalue weighted by atomic mass is 35.5.